The van der Waals surface area contributed by atoms with E-state index in [1.54, 1.807) is 24.4 Å². The third kappa shape index (κ3) is 3.89. The van der Waals surface area contributed by atoms with E-state index in [1.165, 1.54) is 18.5 Å². The van der Waals surface area contributed by atoms with Gasteiger partial charge in [-0.1, -0.05) is 25.1 Å². The van der Waals surface area contributed by atoms with Crippen LogP contribution in [0.3, 0.4) is 0 Å². The summed E-state index contributed by atoms with van der Waals surface area (Å²) >= 11 is 0. The fraction of sp³-hybridized carbons (Fsp3) is 0.286. The Morgan fingerprint density at radius 1 is 1.09 bits per heavy atom. The number of rotatable bonds is 6. The van der Waals surface area contributed by atoms with E-state index in [0.717, 1.165) is 40.3 Å². The summed E-state index contributed by atoms with van der Waals surface area (Å²) in [5.41, 5.74) is 7.21. The molecule has 0 radical (unpaired) electrons. The lowest BCUT2D eigenvalue weighted by atomic mass is 9.99. The number of aromatic nitrogens is 2. The second kappa shape index (κ2) is 8.86. The molecule has 0 bridgehead atoms. The number of carboxylic acid groups (broad SMARTS) is 1. The minimum atomic E-state index is -0.927. The van der Waals surface area contributed by atoms with Crippen LogP contribution >= 0.6 is 0 Å². The lowest BCUT2D eigenvalue weighted by Gasteiger charge is -2.29. The lowest BCUT2D eigenvalue weighted by Crippen LogP contribution is -2.32. The minimum absolute atomic E-state index is 0.279. The monoisotopic (exact) mass is 454 g/mol. The van der Waals surface area contributed by atoms with Gasteiger partial charge in [-0.15, -0.1) is 0 Å². The Balaban J connectivity index is 1.59. The molecule has 174 valence electrons. The van der Waals surface area contributed by atoms with Gasteiger partial charge in [0.1, 0.15) is 0 Å². The number of fused-ring (bicyclic) bond motifs is 1. The first-order valence-electron chi connectivity index (χ1n) is 11.9. The molecule has 34 heavy (non-hydrogen) atoms. The second-order valence-corrected chi connectivity index (χ2v) is 9.14. The van der Waals surface area contributed by atoms with Gasteiger partial charge in [-0.3, -0.25) is 0 Å². The predicted molar refractivity (Wildman–Crippen MR) is 137 cm³/mol. The van der Waals surface area contributed by atoms with E-state index >= 15 is 0 Å². The maximum atomic E-state index is 11.6. The molecule has 1 saturated heterocycles. The molecule has 2 N–H and O–H groups in total. The van der Waals surface area contributed by atoms with Crippen LogP contribution in [0.25, 0.3) is 16.8 Å². The number of hydrogen-bond acceptors (Lipinski definition) is 4. The van der Waals surface area contributed by atoms with E-state index in [-0.39, 0.29) is 5.56 Å². The van der Waals surface area contributed by atoms with Crippen molar-refractivity contribution in [2.45, 2.75) is 52.1 Å². The van der Waals surface area contributed by atoms with Crippen molar-refractivity contribution in [1.29, 1.82) is 0 Å². The van der Waals surface area contributed by atoms with E-state index in [1.807, 2.05) is 12.3 Å². The maximum Gasteiger partial charge on any atom is 0.335 e. The van der Waals surface area contributed by atoms with Gasteiger partial charge in [0.15, 0.2) is 5.65 Å². The Kier molecular flexibility index (Phi) is 5.74. The van der Waals surface area contributed by atoms with Gasteiger partial charge in [-0.05, 0) is 75.1 Å². The molecular weight excluding hydrogens is 424 g/mol. The molecule has 2 atom stereocenters. The van der Waals surface area contributed by atoms with Crippen molar-refractivity contribution in [2.75, 3.05) is 10.2 Å². The number of pyridine rings is 1. The molecule has 1 fully saturated rings. The Bertz CT molecular complexity index is 1350. The smallest absolute Gasteiger partial charge is 0.335 e. The van der Waals surface area contributed by atoms with Gasteiger partial charge in [0.2, 0.25) is 0 Å². The van der Waals surface area contributed by atoms with Crippen LogP contribution in [0.2, 0.25) is 0 Å². The number of anilines is 3. The summed E-state index contributed by atoms with van der Waals surface area (Å²) in [7, 11) is 0. The number of aromatic carboxylic acids is 1. The molecule has 5 rings (SSSR count). The molecule has 6 nitrogen and oxygen atoms in total. The number of carbonyl (C=O) groups is 1. The summed E-state index contributed by atoms with van der Waals surface area (Å²) in [4.78, 5) is 18.7. The topological polar surface area (TPSA) is 69.9 Å². The van der Waals surface area contributed by atoms with Gasteiger partial charge in [0.25, 0.3) is 0 Å². The van der Waals surface area contributed by atoms with Gasteiger partial charge in [0, 0.05) is 47.1 Å². The summed E-state index contributed by atoms with van der Waals surface area (Å²) in [5.74, 6) is -0.927. The highest BCUT2D eigenvalue weighted by Crippen LogP contribution is 2.35. The summed E-state index contributed by atoms with van der Waals surface area (Å²) in [6.45, 7) is 6.69. The van der Waals surface area contributed by atoms with Crippen LogP contribution in [0.4, 0.5) is 17.1 Å². The van der Waals surface area contributed by atoms with Crippen molar-refractivity contribution in [1.82, 2.24) is 9.38 Å². The van der Waals surface area contributed by atoms with Crippen LogP contribution in [-0.2, 0) is 6.42 Å². The Morgan fingerprint density at radius 2 is 1.85 bits per heavy atom. The van der Waals surface area contributed by atoms with E-state index < -0.39 is 5.97 Å². The fourth-order valence-electron chi connectivity index (χ4n) is 5.27. The molecule has 4 aromatic rings. The van der Waals surface area contributed by atoms with Gasteiger partial charge >= 0.3 is 5.97 Å². The van der Waals surface area contributed by atoms with Gasteiger partial charge < -0.3 is 19.7 Å². The fourth-order valence-corrected chi connectivity index (χ4v) is 5.27. The van der Waals surface area contributed by atoms with Crippen LogP contribution in [0.15, 0.2) is 67.0 Å². The average Bonchev–Trinajstić information content (AvgIpc) is 3.46. The number of carboxylic acids is 1. The largest absolute Gasteiger partial charge is 0.478 e. The third-order valence-electron chi connectivity index (χ3n) is 6.90. The summed E-state index contributed by atoms with van der Waals surface area (Å²) in [6.07, 6.45) is 6.99. The first kappa shape index (κ1) is 22.0. The number of nitrogens with one attached hydrogen (secondary N) is 1. The van der Waals surface area contributed by atoms with Crippen LogP contribution < -0.4 is 10.2 Å². The van der Waals surface area contributed by atoms with Gasteiger partial charge in [-0.25, -0.2) is 9.78 Å². The van der Waals surface area contributed by atoms with Crippen molar-refractivity contribution in [3.63, 3.8) is 0 Å². The molecule has 6 heteroatoms. The zero-order valence-electron chi connectivity index (χ0n) is 19.8. The van der Waals surface area contributed by atoms with E-state index in [4.69, 9.17) is 0 Å². The van der Waals surface area contributed by atoms with Crippen molar-refractivity contribution in [3.8, 4) is 11.1 Å². The molecule has 0 spiro atoms. The van der Waals surface area contributed by atoms with Crippen LogP contribution in [-0.4, -0.2) is 32.5 Å². The quantitative estimate of drug-likeness (QED) is 0.354. The molecule has 1 aliphatic heterocycles. The molecule has 2 unspecified atom stereocenters. The van der Waals surface area contributed by atoms with Crippen molar-refractivity contribution in [3.05, 3.63) is 78.2 Å². The normalized spacial score (nSPS) is 17.9. The van der Waals surface area contributed by atoms with Crippen LogP contribution in [0.5, 0.6) is 0 Å². The molecule has 2 aromatic carbocycles. The molecule has 1 aliphatic rings. The summed E-state index contributed by atoms with van der Waals surface area (Å²) in [6, 6.07) is 18.8. The Hall–Kier alpha value is -3.80. The number of hydrogen-bond donors (Lipinski definition) is 2. The Morgan fingerprint density at radius 3 is 2.59 bits per heavy atom. The lowest BCUT2D eigenvalue weighted by molar-refractivity contribution is 0.0697. The minimum Gasteiger partial charge on any atom is -0.478 e. The van der Waals surface area contributed by atoms with Gasteiger partial charge in [-0.2, -0.15) is 0 Å². The van der Waals surface area contributed by atoms with E-state index in [2.05, 4.69) is 70.7 Å². The van der Waals surface area contributed by atoms with Gasteiger partial charge in [0.05, 0.1) is 11.3 Å². The van der Waals surface area contributed by atoms with Crippen LogP contribution in [0, 0.1) is 0 Å². The first-order chi connectivity index (χ1) is 16.5. The zero-order chi connectivity index (χ0) is 23.8. The summed E-state index contributed by atoms with van der Waals surface area (Å²) < 4.78 is 2.10. The van der Waals surface area contributed by atoms with E-state index in [9.17, 15) is 9.90 Å². The Labute approximate surface area is 199 Å². The predicted octanol–water partition coefficient (Wildman–Crippen LogP) is 6.38. The number of aryl methyl sites for hydroxylation is 1. The number of benzene rings is 2. The zero-order valence-corrected chi connectivity index (χ0v) is 19.8. The van der Waals surface area contributed by atoms with Crippen LogP contribution in [0.1, 0.15) is 49.7 Å². The van der Waals surface area contributed by atoms with Crippen molar-refractivity contribution >= 4 is 28.7 Å². The van der Waals surface area contributed by atoms with Crippen molar-refractivity contribution in [2.24, 2.45) is 0 Å². The molecule has 0 saturated carbocycles. The average molecular weight is 455 g/mol. The molecule has 0 amide bonds. The highest BCUT2D eigenvalue weighted by atomic mass is 16.4. The first-order valence-corrected chi connectivity index (χ1v) is 11.9. The third-order valence-corrected chi connectivity index (χ3v) is 6.90. The maximum absolute atomic E-state index is 11.6. The summed E-state index contributed by atoms with van der Waals surface area (Å²) in [5, 5.41) is 13.1. The molecule has 2 aromatic heterocycles. The highest BCUT2D eigenvalue weighted by molar-refractivity contribution is 5.90. The van der Waals surface area contributed by atoms with E-state index in [0.29, 0.717) is 12.1 Å². The molecular formula is C28H30N4O2. The number of nitrogens with zero attached hydrogens (tertiary/aromatic N) is 3. The standard InChI is InChI=1S/C28H30N4O2/c1-4-26-24(20-7-5-8-21(15-20)28(33)34)17-25(27-29-13-14-31(26)27)30-22-9-6-10-23(16-22)32-18(2)11-12-19(32)3/h5-10,13-19,30H,4,11-12H2,1-3H3,(H,33,34). The highest BCUT2D eigenvalue weighted by Gasteiger charge is 2.27. The molecule has 3 heterocycles. The second-order valence-electron chi connectivity index (χ2n) is 9.14. The van der Waals surface area contributed by atoms with Crippen molar-refractivity contribution < 1.29 is 9.90 Å². The SMILES string of the molecule is CCc1c(-c2cccc(C(=O)O)c2)cc(Nc2cccc(N3C(C)CCC3C)c2)c2nccn12. The molecule has 0 aliphatic carbocycles. The number of imidazole rings is 1.